The Balaban J connectivity index is 1.42. The summed E-state index contributed by atoms with van der Waals surface area (Å²) in [7, 11) is 4.70. The molecule has 4 aromatic carbocycles. The lowest BCUT2D eigenvalue weighted by atomic mass is 9.94. The Morgan fingerprint density at radius 1 is 0.875 bits per heavy atom. The number of aryl methyl sites for hydroxylation is 1. The zero-order valence-corrected chi connectivity index (χ0v) is 28.1. The second-order valence-corrected chi connectivity index (χ2v) is 12.2. The van der Waals surface area contributed by atoms with Gasteiger partial charge in [0, 0.05) is 17.3 Å². The van der Waals surface area contributed by atoms with Crippen LogP contribution >= 0.6 is 11.3 Å². The number of fused-ring (bicyclic) bond motifs is 1. The fraction of sp³-hybridized carbons (Fsp3) is 0.184. The minimum atomic E-state index is -0.820. The van der Waals surface area contributed by atoms with E-state index in [9.17, 15) is 9.59 Å². The van der Waals surface area contributed by atoms with E-state index in [1.807, 2.05) is 67.6 Å². The first-order chi connectivity index (χ1) is 23.3. The largest absolute Gasteiger partial charge is 0.497 e. The number of allylic oxidation sites excluding steroid dienone is 1. The van der Waals surface area contributed by atoms with Gasteiger partial charge < -0.3 is 24.3 Å². The number of amides is 1. The minimum Gasteiger partial charge on any atom is -0.497 e. The number of para-hydroxylation sites is 1. The summed E-state index contributed by atoms with van der Waals surface area (Å²) in [6.07, 6.45) is 1.79. The van der Waals surface area contributed by atoms with Gasteiger partial charge in [-0.3, -0.25) is 14.2 Å². The Hall–Kier alpha value is -5.61. The topological polar surface area (TPSA) is 100 Å². The first-order valence-corrected chi connectivity index (χ1v) is 16.1. The Kier molecular flexibility index (Phi) is 9.45. The molecule has 1 amide bonds. The van der Waals surface area contributed by atoms with Gasteiger partial charge in [0.05, 0.1) is 37.1 Å². The molecule has 0 aliphatic carbocycles. The van der Waals surface area contributed by atoms with Gasteiger partial charge >= 0.3 is 0 Å². The molecule has 10 heteroatoms. The van der Waals surface area contributed by atoms with Crippen LogP contribution in [0, 0.1) is 6.92 Å². The Labute approximate surface area is 282 Å². The molecule has 0 saturated heterocycles. The van der Waals surface area contributed by atoms with Crippen LogP contribution in [0.3, 0.4) is 0 Å². The van der Waals surface area contributed by atoms with Gasteiger partial charge in [-0.1, -0.05) is 65.4 Å². The van der Waals surface area contributed by atoms with Crippen molar-refractivity contribution in [3.63, 3.8) is 0 Å². The minimum absolute atomic E-state index is 0.294. The molecule has 9 nitrogen and oxygen atoms in total. The van der Waals surface area contributed by atoms with Crippen molar-refractivity contribution in [2.24, 2.45) is 4.99 Å². The summed E-state index contributed by atoms with van der Waals surface area (Å²) in [5, 5.41) is 2.97. The number of benzene rings is 4. The third kappa shape index (κ3) is 6.61. The molecule has 5 aromatic rings. The highest BCUT2D eigenvalue weighted by molar-refractivity contribution is 7.07. The maximum atomic E-state index is 14.3. The molecule has 1 aromatic heterocycles. The molecule has 1 aliphatic heterocycles. The van der Waals surface area contributed by atoms with Crippen molar-refractivity contribution in [1.29, 1.82) is 0 Å². The van der Waals surface area contributed by atoms with Gasteiger partial charge in [0.15, 0.2) is 16.3 Å². The van der Waals surface area contributed by atoms with E-state index in [1.54, 1.807) is 63.2 Å². The molecule has 6 rings (SSSR count). The van der Waals surface area contributed by atoms with Crippen molar-refractivity contribution in [2.75, 3.05) is 26.6 Å². The molecule has 0 bridgehead atoms. The third-order valence-electron chi connectivity index (χ3n) is 8.00. The number of carbonyl (C=O) groups excluding carboxylic acids is 1. The molecule has 0 radical (unpaired) electrons. The molecule has 1 N–H and O–H groups in total. The molecular formula is C38H35N3O6S. The zero-order chi connectivity index (χ0) is 33.8. The predicted octanol–water partition coefficient (Wildman–Crippen LogP) is 5.79. The average molecular weight is 662 g/mol. The van der Waals surface area contributed by atoms with Crippen LogP contribution in [0.1, 0.15) is 35.2 Å². The van der Waals surface area contributed by atoms with Crippen LogP contribution < -0.4 is 39.2 Å². The lowest BCUT2D eigenvalue weighted by Gasteiger charge is -2.26. The van der Waals surface area contributed by atoms with Crippen molar-refractivity contribution in [2.45, 2.75) is 26.5 Å². The first-order valence-electron chi connectivity index (χ1n) is 15.3. The smallest absolute Gasteiger partial charge is 0.271 e. The highest BCUT2D eigenvalue weighted by atomic mass is 32.1. The maximum absolute atomic E-state index is 14.3. The Morgan fingerprint density at radius 2 is 1.67 bits per heavy atom. The molecule has 2 heterocycles. The van der Waals surface area contributed by atoms with Crippen molar-refractivity contribution in [3.8, 4) is 23.0 Å². The van der Waals surface area contributed by atoms with Gasteiger partial charge in [-0.15, -0.1) is 0 Å². The SMILES string of the molecule is COc1ccc([C@@H]2C(C(=O)Nc3ccccc3)=C(C)N=c3s/c(=C\c4ccc(OCc5cccc(C)c5)c(OC)c4)c(=O)n32)c(OC)c1. The van der Waals surface area contributed by atoms with E-state index < -0.39 is 6.04 Å². The number of hydrogen-bond acceptors (Lipinski definition) is 8. The van der Waals surface area contributed by atoms with Gasteiger partial charge in [-0.2, -0.15) is 0 Å². The standard InChI is InChI=1S/C38H35N3O6S/c1-23-10-9-11-26(18-23)22-47-30-17-14-25(19-32(30)46-5)20-33-37(43)41-35(29-16-15-28(44-3)21-31(29)45-4)34(24(2)39-38(41)48-33)36(42)40-27-12-7-6-8-13-27/h6-21,35H,22H2,1-5H3,(H,40,42)/b33-20-/t35-/m1/s1. The monoisotopic (exact) mass is 661 g/mol. The highest BCUT2D eigenvalue weighted by Gasteiger charge is 2.34. The van der Waals surface area contributed by atoms with E-state index in [0.29, 0.717) is 61.5 Å². The normalized spacial score (nSPS) is 14.2. The molecule has 48 heavy (non-hydrogen) atoms. The van der Waals surface area contributed by atoms with E-state index in [4.69, 9.17) is 23.9 Å². The lowest BCUT2D eigenvalue weighted by Crippen LogP contribution is -2.40. The van der Waals surface area contributed by atoms with Gasteiger partial charge in [0.1, 0.15) is 24.1 Å². The number of nitrogens with zero attached hydrogens (tertiary/aromatic N) is 2. The van der Waals surface area contributed by atoms with Crippen LogP contribution in [0.2, 0.25) is 0 Å². The van der Waals surface area contributed by atoms with E-state index in [-0.39, 0.29) is 11.5 Å². The van der Waals surface area contributed by atoms with Crippen LogP contribution in [0.4, 0.5) is 5.69 Å². The van der Waals surface area contributed by atoms with Crippen LogP contribution in [-0.2, 0) is 11.4 Å². The van der Waals surface area contributed by atoms with E-state index in [1.165, 1.54) is 11.3 Å². The van der Waals surface area contributed by atoms with Crippen LogP contribution in [0.5, 0.6) is 23.0 Å². The maximum Gasteiger partial charge on any atom is 0.271 e. The van der Waals surface area contributed by atoms with Crippen molar-refractivity contribution in [1.82, 2.24) is 4.57 Å². The zero-order valence-electron chi connectivity index (χ0n) is 27.3. The number of rotatable bonds is 10. The van der Waals surface area contributed by atoms with Crippen molar-refractivity contribution >= 4 is 29.0 Å². The summed E-state index contributed by atoms with van der Waals surface area (Å²) < 4.78 is 24.9. The number of ether oxygens (including phenoxy) is 4. The molecule has 244 valence electrons. The van der Waals surface area contributed by atoms with Crippen LogP contribution in [0.25, 0.3) is 6.08 Å². The summed E-state index contributed by atoms with van der Waals surface area (Å²) in [5.74, 6) is 1.82. The Bertz CT molecular complexity index is 2200. The number of nitrogens with one attached hydrogen (secondary N) is 1. The molecule has 0 fully saturated rings. The second-order valence-electron chi connectivity index (χ2n) is 11.2. The van der Waals surface area contributed by atoms with Gasteiger partial charge in [0.2, 0.25) is 0 Å². The third-order valence-corrected chi connectivity index (χ3v) is 8.98. The average Bonchev–Trinajstić information content (AvgIpc) is 3.40. The predicted molar refractivity (Wildman–Crippen MR) is 187 cm³/mol. The summed E-state index contributed by atoms with van der Waals surface area (Å²) >= 11 is 1.25. The summed E-state index contributed by atoms with van der Waals surface area (Å²) in [6.45, 7) is 4.21. The molecule has 0 spiro atoms. The fourth-order valence-corrected chi connectivity index (χ4v) is 6.72. The quantitative estimate of drug-likeness (QED) is 0.204. The van der Waals surface area contributed by atoms with Gasteiger partial charge in [-0.25, -0.2) is 4.99 Å². The second kappa shape index (κ2) is 14.0. The first kappa shape index (κ1) is 32.3. The number of anilines is 1. The fourth-order valence-electron chi connectivity index (χ4n) is 5.68. The lowest BCUT2D eigenvalue weighted by molar-refractivity contribution is -0.113. The van der Waals surface area contributed by atoms with Crippen LogP contribution in [-0.4, -0.2) is 31.8 Å². The van der Waals surface area contributed by atoms with E-state index in [0.717, 1.165) is 16.7 Å². The number of carbonyl (C=O) groups is 1. The number of methoxy groups -OCH3 is 3. The van der Waals surface area contributed by atoms with E-state index >= 15 is 0 Å². The number of thiazole rings is 1. The van der Waals surface area contributed by atoms with Gasteiger partial charge in [0.25, 0.3) is 11.5 Å². The molecule has 1 aliphatic rings. The van der Waals surface area contributed by atoms with Crippen molar-refractivity contribution < 1.29 is 23.7 Å². The Morgan fingerprint density at radius 3 is 2.40 bits per heavy atom. The molecule has 1 atom stereocenters. The van der Waals surface area contributed by atoms with Crippen molar-refractivity contribution in [3.05, 3.63) is 144 Å². The summed E-state index contributed by atoms with van der Waals surface area (Å²) in [4.78, 5) is 33.4. The number of aromatic nitrogens is 1. The summed E-state index contributed by atoms with van der Waals surface area (Å²) in [6, 6.07) is 27.4. The highest BCUT2D eigenvalue weighted by Crippen LogP contribution is 2.38. The molecular weight excluding hydrogens is 627 g/mol. The molecule has 0 unspecified atom stereocenters. The van der Waals surface area contributed by atoms with Gasteiger partial charge in [-0.05, 0) is 67.4 Å². The number of hydrogen-bond donors (Lipinski definition) is 1. The van der Waals surface area contributed by atoms with E-state index in [2.05, 4.69) is 11.4 Å². The summed E-state index contributed by atoms with van der Waals surface area (Å²) in [5.41, 5.74) is 4.74. The van der Waals surface area contributed by atoms with Crippen LogP contribution in [0.15, 0.2) is 112 Å². The molecule has 0 saturated carbocycles.